The standard InChI is InChI=1S/C12H18N6O4/c1-17(2)5-3-14-15-11-7(5)10(13)16-18(11)12-9(21)8(20)6(4-19)22-12/h3,6,8-9,12,19-21H,4H2,1-2H3,(H2,13,16). The molecule has 0 saturated carbocycles. The Kier molecular flexibility index (Phi) is 3.60. The van der Waals surface area contributed by atoms with Crippen LogP contribution >= 0.6 is 0 Å². The molecule has 0 aromatic carbocycles. The van der Waals surface area contributed by atoms with Gasteiger partial charge >= 0.3 is 0 Å². The molecule has 10 nitrogen and oxygen atoms in total. The third-order valence-electron chi connectivity index (χ3n) is 3.74. The topological polar surface area (TPSA) is 143 Å². The Labute approximate surface area is 125 Å². The Bertz CT molecular complexity index is 690. The third-order valence-corrected chi connectivity index (χ3v) is 3.74. The van der Waals surface area contributed by atoms with Gasteiger partial charge in [-0.3, -0.25) is 0 Å². The van der Waals surface area contributed by atoms with Crippen molar-refractivity contribution in [3.63, 3.8) is 0 Å². The van der Waals surface area contributed by atoms with Crippen molar-refractivity contribution in [3.05, 3.63) is 6.20 Å². The number of aliphatic hydroxyl groups excluding tert-OH is 3. The average molecular weight is 310 g/mol. The van der Waals surface area contributed by atoms with Gasteiger partial charge in [0.25, 0.3) is 0 Å². The Morgan fingerprint density at radius 1 is 1.36 bits per heavy atom. The molecule has 22 heavy (non-hydrogen) atoms. The van der Waals surface area contributed by atoms with Crippen LogP contribution in [-0.2, 0) is 4.74 Å². The molecule has 1 aliphatic rings. The predicted octanol–water partition coefficient (Wildman–Crippen LogP) is -1.91. The lowest BCUT2D eigenvalue weighted by Crippen LogP contribution is -2.33. The molecule has 0 radical (unpaired) electrons. The maximum Gasteiger partial charge on any atom is 0.187 e. The molecule has 0 bridgehead atoms. The van der Waals surface area contributed by atoms with Gasteiger partial charge in [0, 0.05) is 14.1 Å². The summed E-state index contributed by atoms with van der Waals surface area (Å²) in [5, 5.41) is 41.8. The van der Waals surface area contributed by atoms with Gasteiger partial charge in [-0.1, -0.05) is 0 Å². The minimum absolute atomic E-state index is 0.214. The second-order valence-electron chi connectivity index (χ2n) is 5.38. The van der Waals surface area contributed by atoms with E-state index < -0.39 is 31.1 Å². The highest BCUT2D eigenvalue weighted by atomic mass is 16.6. The van der Waals surface area contributed by atoms with E-state index in [1.807, 2.05) is 19.0 Å². The Morgan fingerprint density at radius 2 is 2.09 bits per heavy atom. The smallest absolute Gasteiger partial charge is 0.187 e. The lowest BCUT2D eigenvalue weighted by Gasteiger charge is -2.16. The first-order valence-electron chi connectivity index (χ1n) is 6.74. The van der Waals surface area contributed by atoms with Gasteiger partial charge < -0.3 is 30.7 Å². The van der Waals surface area contributed by atoms with E-state index in [4.69, 9.17) is 15.6 Å². The number of nitrogens with two attached hydrogens (primary N) is 1. The number of aliphatic hydroxyl groups is 3. The monoisotopic (exact) mass is 310 g/mol. The van der Waals surface area contributed by atoms with Crippen LogP contribution in [0.5, 0.6) is 0 Å². The fourth-order valence-electron chi connectivity index (χ4n) is 2.59. The van der Waals surface area contributed by atoms with Crippen molar-refractivity contribution in [2.24, 2.45) is 0 Å². The summed E-state index contributed by atoms with van der Waals surface area (Å²) in [6.07, 6.45) is -2.82. The van der Waals surface area contributed by atoms with Gasteiger partial charge in [0.15, 0.2) is 17.7 Å². The molecule has 3 heterocycles. The average Bonchev–Trinajstić information content (AvgIpc) is 2.98. The molecular formula is C12H18N6O4. The van der Waals surface area contributed by atoms with E-state index in [1.54, 1.807) is 6.20 Å². The molecule has 0 aliphatic carbocycles. The fraction of sp³-hybridized carbons (Fsp3) is 0.583. The van der Waals surface area contributed by atoms with Gasteiger partial charge in [0.2, 0.25) is 0 Å². The first kappa shape index (κ1) is 14.9. The van der Waals surface area contributed by atoms with Crippen LogP contribution in [0.2, 0.25) is 0 Å². The van der Waals surface area contributed by atoms with Gasteiger partial charge in [-0.25, -0.2) is 4.68 Å². The number of anilines is 2. The fourth-order valence-corrected chi connectivity index (χ4v) is 2.59. The number of nitrogen functional groups attached to an aromatic ring is 1. The van der Waals surface area contributed by atoms with Crippen molar-refractivity contribution in [1.29, 1.82) is 0 Å². The first-order valence-corrected chi connectivity index (χ1v) is 6.74. The summed E-state index contributed by atoms with van der Waals surface area (Å²) in [6.45, 7) is -0.419. The van der Waals surface area contributed by atoms with E-state index in [2.05, 4.69) is 15.3 Å². The molecule has 5 N–H and O–H groups in total. The number of ether oxygens (including phenoxy) is 1. The summed E-state index contributed by atoms with van der Waals surface area (Å²) >= 11 is 0. The molecule has 4 unspecified atom stereocenters. The number of hydrogen-bond donors (Lipinski definition) is 4. The minimum Gasteiger partial charge on any atom is -0.394 e. The lowest BCUT2D eigenvalue weighted by molar-refractivity contribution is -0.0565. The highest BCUT2D eigenvalue weighted by Crippen LogP contribution is 2.34. The molecule has 1 fully saturated rings. The maximum absolute atomic E-state index is 10.1. The number of hydrogen-bond acceptors (Lipinski definition) is 9. The summed E-state index contributed by atoms with van der Waals surface area (Å²) in [7, 11) is 3.67. The van der Waals surface area contributed by atoms with Crippen LogP contribution in [-0.4, -0.2) is 74.3 Å². The summed E-state index contributed by atoms with van der Waals surface area (Å²) in [6, 6.07) is 0. The van der Waals surface area contributed by atoms with Crippen LogP contribution in [0.4, 0.5) is 11.5 Å². The lowest BCUT2D eigenvalue weighted by atomic mass is 10.1. The predicted molar refractivity (Wildman–Crippen MR) is 77.1 cm³/mol. The molecule has 0 amide bonds. The Balaban J connectivity index is 2.11. The molecule has 0 spiro atoms. The zero-order valence-corrected chi connectivity index (χ0v) is 12.2. The van der Waals surface area contributed by atoms with Crippen LogP contribution in [0.1, 0.15) is 6.23 Å². The van der Waals surface area contributed by atoms with Crippen LogP contribution in [0, 0.1) is 0 Å². The van der Waals surface area contributed by atoms with Crippen molar-refractivity contribution >= 4 is 22.5 Å². The second kappa shape index (κ2) is 5.32. The van der Waals surface area contributed by atoms with Crippen molar-refractivity contribution in [3.8, 4) is 0 Å². The van der Waals surface area contributed by atoms with Crippen molar-refractivity contribution in [1.82, 2.24) is 20.0 Å². The Morgan fingerprint density at radius 3 is 2.68 bits per heavy atom. The van der Waals surface area contributed by atoms with Crippen LogP contribution in [0.15, 0.2) is 6.20 Å². The largest absolute Gasteiger partial charge is 0.394 e. The van der Waals surface area contributed by atoms with E-state index in [0.717, 1.165) is 5.69 Å². The van der Waals surface area contributed by atoms with Crippen LogP contribution in [0.25, 0.3) is 11.0 Å². The molecule has 10 heteroatoms. The molecule has 4 atom stereocenters. The number of fused-ring (bicyclic) bond motifs is 1. The summed E-state index contributed by atoms with van der Waals surface area (Å²) in [5.74, 6) is 0.214. The number of rotatable bonds is 3. The molecule has 1 saturated heterocycles. The molecular weight excluding hydrogens is 292 g/mol. The van der Waals surface area contributed by atoms with E-state index in [0.29, 0.717) is 11.0 Å². The van der Waals surface area contributed by atoms with Crippen LogP contribution in [0.3, 0.4) is 0 Å². The third kappa shape index (κ3) is 2.08. The number of aromatic nitrogens is 4. The SMILES string of the molecule is CN(C)c1cnnc2c1c(N)nn2C1OC(CO)C(O)C1O. The quantitative estimate of drug-likeness (QED) is 0.510. The summed E-state index contributed by atoms with van der Waals surface area (Å²) < 4.78 is 6.74. The summed E-state index contributed by atoms with van der Waals surface area (Å²) in [4.78, 5) is 1.82. The highest BCUT2D eigenvalue weighted by molar-refractivity contribution is 5.97. The van der Waals surface area contributed by atoms with Crippen LogP contribution < -0.4 is 10.6 Å². The minimum atomic E-state index is -1.26. The maximum atomic E-state index is 10.1. The second-order valence-corrected chi connectivity index (χ2v) is 5.38. The van der Waals surface area contributed by atoms with Crippen molar-refractivity contribution in [2.45, 2.75) is 24.5 Å². The molecule has 2 aromatic rings. The molecule has 2 aromatic heterocycles. The van der Waals surface area contributed by atoms with Gasteiger partial charge in [-0.05, 0) is 0 Å². The highest BCUT2D eigenvalue weighted by Gasteiger charge is 2.44. The van der Waals surface area contributed by atoms with E-state index in [-0.39, 0.29) is 5.82 Å². The van der Waals surface area contributed by atoms with Gasteiger partial charge in [0.1, 0.15) is 18.3 Å². The van der Waals surface area contributed by atoms with Crippen molar-refractivity contribution in [2.75, 3.05) is 31.3 Å². The number of nitrogens with zero attached hydrogens (tertiary/aromatic N) is 5. The molecule has 1 aliphatic heterocycles. The van der Waals surface area contributed by atoms with Gasteiger partial charge in [-0.15, -0.1) is 5.10 Å². The Hall–Kier alpha value is -2.01. The normalized spacial score (nSPS) is 28.4. The van der Waals surface area contributed by atoms with E-state index in [9.17, 15) is 10.2 Å². The zero-order valence-electron chi connectivity index (χ0n) is 12.2. The van der Waals surface area contributed by atoms with E-state index in [1.165, 1.54) is 4.68 Å². The molecule has 120 valence electrons. The van der Waals surface area contributed by atoms with Gasteiger partial charge in [-0.2, -0.15) is 10.2 Å². The molecule has 3 rings (SSSR count). The van der Waals surface area contributed by atoms with E-state index >= 15 is 0 Å². The summed E-state index contributed by atoms with van der Waals surface area (Å²) in [5.41, 5.74) is 7.01. The zero-order chi connectivity index (χ0) is 16.0. The van der Waals surface area contributed by atoms with Crippen molar-refractivity contribution < 1.29 is 20.1 Å². The first-order chi connectivity index (χ1) is 10.5. The van der Waals surface area contributed by atoms with Gasteiger partial charge in [0.05, 0.1) is 23.9 Å².